The number of hydrogen-bond donors (Lipinski definition) is 1. The van der Waals surface area contributed by atoms with Gasteiger partial charge in [-0.25, -0.2) is 8.78 Å². The predicted octanol–water partition coefficient (Wildman–Crippen LogP) is 4.70. The van der Waals surface area contributed by atoms with E-state index in [1.54, 1.807) is 6.92 Å². The minimum atomic E-state index is -0.910. The average molecular weight is 321 g/mol. The van der Waals surface area contributed by atoms with E-state index in [1.807, 2.05) is 32.0 Å². The zero-order valence-electron chi connectivity index (χ0n) is 12.6. The summed E-state index contributed by atoms with van der Waals surface area (Å²) in [7, 11) is 0. The first kappa shape index (κ1) is 16.5. The van der Waals surface area contributed by atoms with Gasteiger partial charge in [0.2, 0.25) is 5.91 Å². The Labute approximate surface area is 132 Å². The maximum Gasteiger partial charge on any atom is 0.237 e. The lowest BCUT2D eigenvalue weighted by molar-refractivity contribution is -0.115. The summed E-state index contributed by atoms with van der Waals surface area (Å²) in [5, 5.41) is 2.44. The fourth-order valence-corrected chi connectivity index (χ4v) is 2.81. The highest BCUT2D eigenvalue weighted by Crippen LogP contribution is 2.26. The van der Waals surface area contributed by atoms with Crippen molar-refractivity contribution in [2.45, 2.75) is 30.9 Å². The topological polar surface area (TPSA) is 29.1 Å². The molecule has 22 heavy (non-hydrogen) atoms. The van der Waals surface area contributed by atoms with Crippen LogP contribution in [-0.4, -0.2) is 11.2 Å². The Bertz CT molecular complexity index is 703. The summed E-state index contributed by atoms with van der Waals surface area (Å²) in [5.74, 6) is -1.98. The van der Waals surface area contributed by atoms with Gasteiger partial charge in [-0.3, -0.25) is 4.79 Å². The van der Waals surface area contributed by atoms with Crippen molar-refractivity contribution < 1.29 is 13.6 Å². The van der Waals surface area contributed by atoms with Crippen LogP contribution in [0, 0.1) is 25.5 Å². The molecule has 116 valence electrons. The summed E-state index contributed by atoms with van der Waals surface area (Å²) in [5.41, 5.74) is 2.80. The molecule has 0 saturated heterocycles. The fourth-order valence-electron chi connectivity index (χ4n) is 1.91. The Morgan fingerprint density at radius 3 is 2.50 bits per heavy atom. The Balaban J connectivity index is 2.05. The van der Waals surface area contributed by atoms with E-state index in [-0.39, 0.29) is 5.91 Å². The van der Waals surface area contributed by atoms with Crippen LogP contribution in [-0.2, 0) is 4.79 Å². The van der Waals surface area contributed by atoms with Gasteiger partial charge in [0.1, 0.15) is 0 Å². The molecule has 1 amide bonds. The van der Waals surface area contributed by atoms with Gasteiger partial charge in [-0.2, -0.15) is 0 Å². The molecular formula is C17H17F2NOS. The number of carbonyl (C=O) groups excluding carboxylic acids is 1. The quantitative estimate of drug-likeness (QED) is 0.827. The summed E-state index contributed by atoms with van der Waals surface area (Å²) in [6.45, 7) is 5.60. The first-order valence-corrected chi connectivity index (χ1v) is 7.74. The summed E-state index contributed by atoms with van der Waals surface area (Å²) in [6.07, 6.45) is 0. The number of rotatable bonds is 4. The second kappa shape index (κ2) is 6.92. The minimum absolute atomic E-state index is 0.177. The number of nitrogens with one attached hydrogen (secondary N) is 1. The van der Waals surface area contributed by atoms with Crippen LogP contribution in [0.25, 0.3) is 0 Å². The summed E-state index contributed by atoms with van der Waals surface area (Å²) < 4.78 is 26.1. The van der Waals surface area contributed by atoms with Crippen LogP contribution in [0.3, 0.4) is 0 Å². The number of halogens is 2. The normalized spacial score (nSPS) is 12.0. The van der Waals surface area contributed by atoms with E-state index >= 15 is 0 Å². The number of carbonyl (C=O) groups is 1. The highest BCUT2D eigenvalue weighted by molar-refractivity contribution is 8.00. The number of benzene rings is 2. The second-order valence-electron chi connectivity index (χ2n) is 5.14. The van der Waals surface area contributed by atoms with Gasteiger partial charge >= 0.3 is 0 Å². The van der Waals surface area contributed by atoms with Crippen molar-refractivity contribution in [2.75, 3.05) is 5.32 Å². The fraction of sp³-hybridized carbons (Fsp3) is 0.235. The molecule has 1 N–H and O–H groups in total. The van der Waals surface area contributed by atoms with Crippen molar-refractivity contribution in [3.63, 3.8) is 0 Å². The van der Waals surface area contributed by atoms with Gasteiger partial charge in [-0.15, -0.1) is 11.8 Å². The zero-order chi connectivity index (χ0) is 16.3. The van der Waals surface area contributed by atoms with Gasteiger partial charge in [0.15, 0.2) is 11.6 Å². The van der Waals surface area contributed by atoms with Crippen molar-refractivity contribution >= 4 is 23.4 Å². The van der Waals surface area contributed by atoms with E-state index < -0.39 is 16.9 Å². The number of hydrogen-bond acceptors (Lipinski definition) is 2. The van der Waals surface area contributed by atoms with E-state index in [2.05, 4.69) is 5.32 Å². The van der Waals surface area contributed by atoms with Crippen LogP contribution >= 0.6 is 11.8 Å². The third kappa shape index (κ3) is 4.07. The van der Waals surface area contributed by atoms with Gasteiger partial charge in [-0.05, 0) is 56.2 Å². The number of amides is 1. The van der Waals surface area contributed by atoms with E-state index in [4.69, 9.17) is 0 Å². The van der Waals surface area contributed by atoms with Crippen LogP contribution < -0.4 is 5.32 Å². The van der Waals surface area contributed by atoms with E-state index in [9.17, 15) is 13.6 Å². The number of thioether (sulfide) groups is 1. The summed E-state index contributed by atoms with van der Waals surface area (Å²) >= 11 is 1.19. The standard InChI is InChI=1S/C17H17F2NOS/c1-10-4-5-11(2)16(8-10)20-17(21)12(3)22-13-6-7-14(18)15(19)9-13/h4-9,12H,1-3H3,(H,20,21)/t12-/m0/s1. The smallest absolute Gasteiger partial charge is 0.237 e. The lowest BCUT2D eigenvalue weighted by atomic mass is 10.1. The molecule has 2 aromatic carbocycles. The first-order valence-electron chi connectivity index (χ1n) is 6.86. The first-order chi connectivity index (χ1) is 10.4. The molecule has 0 fully saturated rings. The summed E-state index contributed by atoms with van der Waals surface area (Å²) in [4.78, 5) is 12.7. The van der Waals surface area contributed by atoms with Gasteiger partial charge in [0.05, 0.1) is 5.25 Å². The molecular weight excluding hydrogens is 304 g/mol. The molecule has 0 aliphatic heterocycles. The molecule has 0 spiro atoms. The Morgan fingerprint density at radius 1 is 1.09 bits per heavy atom. The molecule has 0 aromatic heterocycles. The lowest BCUT2D eigenvalue weighted by Crippen LogP contribution is -2.22. The van der Waals surface area contributed by atoms with Gasteiger partial charge < -0.3 is 5.32 Å². The molecule has 5 heteroatoms. The van der Waals surface area contributed by atoms with Gasteiger partial charge in [0, 0.05) is 10.6 Å². The van der Waals surface area contributed by atoms with E-state index in [0.29, 0.717) is 4.90 Å². The molecule has 0 bridgehead atoms. The summed E-state index contributed by atoms with van der Waals surface area (Å²) in [6, 6.07) is 9.45. The Morgan fingerprint density at radius 2 is 1.82 bits per heavy atom. The van der Waals surface area contributed by atoms with Crippen molar-refractivity contribution in [3.05, 3.63) is 59.2 Å². The Kier molecular flexibility index (Phi) is 5.19. The van der Waals surface area contributed by atoms with Crippen molar-refractivity contribution in [2.24, 2.45) is 0 Å². The lowest BCUT2D eigenvalue weighted by Gasteiger charge is -2.14. The minimum Gasteiger partial charge on any atom is -0.325 e. The van der Waals surface area contributed by atoms with E-state index in [1.165, 1.54) is 17.8 Å². The molecule has 0 radical (unpaired) electrons. The van der Waals surface area contributed by atoms with Crippen molar-refractivity contribution in [1.82, 2.24) is 0 Å². The molecule has 1 atom stereocenters. The molecule has 0 aliphatic carbocycles. The largest absolute Gasteiger partial charge is 0.325 e. The van der Waals surface area contributed by atoms with Gasteiger partial charge in [0.25, 0.3) is 0 Å². The van der Waals surface area contributed by atoms with Crippen molar-refractivity contribution in [1.29, 1.82) is 0 Å². The number of aryl methyl sites for hydroxylation is 2. The van der Waals surface area contributed by atoms with E-state index in [0.717, 1.165) is 28.9 Å². The monoisotopic (exact) mass is 321 g/mol. The molecule has 0 aliphatic rings. The SMILES string of the molecule is Cc1ccc(C)c(NC(=O)[C@H](C)Sc2ccc(F)c(F)c2)c1. The molecule has 0 unspecified atom stereocenters. The highest BCUT2D eigenvalue weighted by Gasteiger charge is 2.16. The third-order valence-electron chi connectivity index (χ3n) is 3.22. The average Bonchev–Trinajstić information content (AvgIpc) is 2.46. The van der Waals surface area contributed by atoms with Gasteiger partial charge in [-0.1, -0.05) is 12.1 Å². The molecule has 0 saturated carbocycles. The van der Waals surface area contributed by atoms with Crippen LogP contribution in [0.15, 0.2) is 41.3 Å². The third-order valence-corrected chi connectivity index (χ3v) is 4.32. The Hall–Kier alpha value is -1.88. The van der Waals surface area contributed by atoms with Crippen molar-refractivity contribution in [3.8, 4) is 0 Å². The van der Waals surface area contributed by atoms with Crippen LogP contribution in [0.4, 0.5) is 14.5 Å². The molecule has 2 aromatic rings. The van der Waals surface area contributed by atoms with Crippen LogP contribution in [0.5, 0.6) is 0 Å². The molecule has 2 rings (SSSR count). The second-order valence-corrected chi connectivity index (χ2v) is 6.56. The molecule has 0 heterocycles. The maximum atomic E-state index is 13.2. The highest BCUT2D eigenvalue weighted by atomic mass is 32.2. The molecule has 2 nitrogen and oxygen atoms in total. The number of anilines is 1. The van der Waals surface area contributed by atoms with Crippen LogP contribution in [0.1, 0.15) is 18.1 Å². The van der Waals surface area contributed by atoms with Crippen LogP contribution in [0.2, 0.25) is 0 Å². The maximum absolute atomic E-state index is 13.2. The predicted molar refractivity (Wildman–Crippen MR) is 86.2 cm³/mol. The zero-order valence-corrected chi connectivity index (χ0v) is 13.4.